The van der Waals surface area contributed by atoms with Crippen LogP contribution in [-0.2, 0) is 11.3 Å². The normalized spacial score (nSPS) is 10.6. The number of carbonyl (C=O) groups is 2. The van der Waals surface area contributed by atoms with Crippen LogP contribution in [-0.4, -0.2) is 37.0 Å². The Kier molecular flexibility index (Phi) is 3.30. The van der Waals surface area contributed by atoms with Crippen molar-refractivity contribution in [3.63, 3.8) is 0 Å². The number of amides is 1. The lowest BCUT2D eigenvalue weighted by atomic mass is 10.2. The summed E-state index contributed by atoms with van der Waals surface area (Å²) >= 11 is 1.32. The van der Waals surface area contributed by atoms with E-state index in [0.717, 1.165) is 5.01 Å². The number of aromatic nitrogens is 4. The molecule has 0 aromatic carbocycles. The van der Waals surface area contributed by atoms with Crippen LogP contribution >= 0.6 is 11.3 Å². The average molecular weight is 281 g/mol. The molecule has 0 fully saturated rings. The third kappa shape index (κ3) is 2.45. The Bertz CT molecular complexity index is 660. The highest BCUT2D eigenvalue weighted by Gasteiger charge is 2.24. The molecular weight excluding hydrogens is 270 g/mol. The van der Waals surface area contributed by atoms with E-state index in [9.17, 15) is 9.59 Å². The number of thiazole rings is 1. The zero-order valence-electron chi connectivity index (χ0n) is 10.2. The second-order valence-corrected chi connectivity index (χ2v) is 5.07. The Labute approximate surface area is 111 Å². The molecule has 0 saturated carbocycles. The van der Waals surface area contributed by atoms with Crippen LogP contribution in [0, 0.1) is 13.8 Å². The van der Waals surface area contributed by atoms with Crippen molar-refractivity contribution in [1.29, 1.82) is 0 Å². The molecule has 1 amide bonds. The van der Waals surface area contributed by atoms with E-state index in [4.69, 9.17) is 10.8 Å². The molecular formula is C10H11N5O3S. The summed E-state index contributed by atoms with van der Waals surface area (Å²) in [6.45, 7) is 3.34. The summed E-state index contributed by atoms with van der Waals surface area (Å²) < 4.78 is 1.19. The van der Waals surface area contributed by atoms with E-state index in [1.807, 2.05) is 6.92 Å². The molecule has 8 nitrogen and oxygen atoms in total. The lowest BCUT2D eigenvalue weighted by Gasteiger charge is -2.03. The zero-order chi connectivity index (χ0) is 14.2. The summed E-state index contributed by atoms with van der Waals surface area (Å²) in [5.74, 6) is -1.84. The Balaban J connectivity index is 2.64. The fourth-order valence-corrected chi connectivity index (χ4v) is 2.66. The van der Waals surface area contributed by atoms with Crippen molar-refractivity contribution in [2.24, 2.45) is 5.73 Å². The van der Waals surface area contributed by atoms with Gasteiger partial charge in [0.1, 0.15) is 12.2 Å². The minimum Gasteiger partial charge on any atom is -0.476 e. The monoisotopic (exact) mass is 281 g/mol. The highest BCUT2D eigenvalue weighted by molar-refractivity contribution is 7.15. The number of nitrogens with two attached hydrogens (primary N) is 1. The summed E-state index contributed by atoms with van der Waals surface area (Å²) in [6.07, 6.45) is 0. The zero-order valence-corrected chi connectivity index (χ0v) is 11.1. The number of hydrogen-bond donors (Lipinski definition) is 2. The van der Waals surface area contributed by atoms with Gasteiger partial charge in [0, 0.05) is 0 Å². The van der Waals surface area contributed by atoms with Crippen molar-refractivity contribution in [3.05, 3.63) is 16.4 Å². The molecule has 2 aromatic heterocycles. The Hall–Kier alpha value is -2.29. The number of primary amides is 1. The minimum atomic E-state index is -1.21. The molecule has 0 spiro atoms. The van der Waals surface area contributed by atoms with Crippen molar-refractivity contribution in [3.8, 4) is 10.6 Å². The van der Waals surface area contributed by atoms with E-state index in [-0.39, 0.29) is 17.9 Å². The standard InChI is InChI=1S/C10H11N5O3S/c1-4-9(19-5(2)12-4)8-7(10(17)18)13-14-15(8)3-6(11)16/h3H2,1-2H3,(H2,11,16)(H,17,18). The van der Waals surface area contributed by atoms with Crippen LogP contribution in [0.3, 0.4) is 0 Å². The number of rotatable bonds is 4. The maximum absolute atomic E-state index is 11.2. The van der Waals surface area contributed by atoms with Crippen LogP contribution in [0.15, 0.2) is 0 Å². The van der Waals surface area contributed by atoms with Gasteiger partial charge < -0.3 is 10.8 Å². The Morgan fingerprint density at radius 3 is 2.58 bits per heavy atom. The van der Waals surface area contributed by atoms with Crippen LogP contribution in [0.2, 0.25) is 0 Å². The number of hydrogen-bond acceptors (Lipinski definition) is 6. The highest BCUT2D eigenvalue weighted by atomic mass is 32.1. The van der Waals surface area contributed by atoms with Gasteiger partial charge in [0.05, 0.1) is 15.6 Å². The number of aryl methyl sites for hydroxylation is 2. The molecule has 100 valence electrons. The summed E-state index contributed by atoms with van der Waals surface area (Å²) in [4.78, 5) is 27.0. The minimum absolute atomic E-state index is 0.215. The van der Waals surface area contributed by atoms with Crippen molar-refractivity contribution in [2.45, 2.75) is 20.4 Å². The predicted octanol–water partition coefficient (Wildman–Crippen LogP) is 0.202. The van der Waals surface area contributed by atoms with Gasteiger partial charge in [-0.25, -0.2) is 14.5 Å². The van der Waals surface area contributed by atoms with Crippen LogP contribution in [0.4, 0.5) is 0 Å². The molecule has 9 heteroatoms. The van der Waals surface area contributed by atoms with Gasteiger partial charge >= 0.3 is 5.97 Å². The molecule has 2 heterocycles. The quantitative estimate of drug-likeness (QED) is 0.825. The van der Waals surface area contributed by atoms with Crippen LogP contribution in [0.25, 0.3) is 10.6 Å². The van der Waals surface area contributed by atoms with E-state index < -0.39 is 11.9 Å². The summed E-state index contributed by atoms with van der Waals surface area (Å²) in [5, 5.41) is 17.2. The third-order valence-corrected chi connectivity index (χ3v) is 3.44. The summed E-state index contributed by atoms with van der Waals surface area (Å²) in [5.41, 5.74) is 5.82. The Morgan fingerprint density at radius 2 is 2.11 bits per heavy atom. The van der Waals surface area contributed by atoms with Gasteiger partial charge in [0.25, 0.3) is 0 Å². The van der Waals surface area contributed by atoms with Crippen molar-refractivity contribution in [2.75, 3.05) is 0 Å². The van der Waals surface area contributed by atoms with Gasteiger partial charge in [0.2, 0.25) is 5.91 Å². The maximum Gasteiger partial charge on any atom is 0.358 e. The second kappa shape index (κ2) is 4.76. The summed E-state index contributed by atoms with van der Waals surface area (Å²) in [7, 11) is 0. The third-order valence-electron chi connectivity index (χ3n) is 2.36. The van der Waals surface area contributed by atoms with Gasteiger partial charge in [-0.3, -0.25) is 4.79 Å². The molecule has 2 aromatic rings. The summed E-state index contributed by atoms with van der Waals surface area (Å²) in [6, 6.07) is 0. The number of aromatic carboxylic acids is 1. The topological polar surface area (TPSA) is 124 Å². The lowest BCUT2D eigenvalue weighted by Crippen LogP contribution is -2.20. The second-order valence-electron chi connectivity index (χ2n) is 3.86. The molecule has 0 radical (unpaired) electrons. The highest BCUT2D eigenvalue weighted by Crippen LogP contribution is 2.31. The number of nitrogens with zero attached hydrogens (tertiary/aromatic N) is 4. The molecule has 3 N–H and O–H groups in total. The molecule has 0 aliphatic carbocycles. The van der Waals surface area contributed by atoms with Gasteiger partial charge in [-0.15, -0.1) is 16.4 Å². The smallest absolute Gasteiger partial charge is 0.358 e. The van der Waals surface area contributed by atoms with Gasteiger partial charge in [-0.2, -0.15) is 0 Å². The molecule has 0 aliphatic rings. The predicted molar refractivity (Wildman–Crippen MR) is 66.8 cm³/mol. The molecule has 19 heavy (non-hydrogen) atoms. The molecule has 2 rings (SSSR count). The van der Waals surface area contributed by atoms with E-state index in [1.54, 1.807) is 6.92 Å². The Morgan fingerprint density at radius 1 is 1.42 bits per heavy atom. The van der Waals surface area contributed by atoms with Crippen LogP contribution in [0.5, 0.6) is 0 Å². The number of carboxylic acids is 1. The van der Waals surface area contributed by atoms with E-state index >= 15 is 0 Å². The van der Waals surface area contributed by atoms with Crippen LogP contribution in [0.1, 0.15) is 21.2 Å². The van der Waals surface area contributed by atoms with Crippen molar-refractivity contribution >= 4 is 23.2 Å². The molecule has 0 bridgehead atoms. The molecule has 0 saturated heterocycles. The largest absolute Gasteiger partial charge is 0.476 e. The molecule has 0 aliphatic heterocycles. The molecule has 0 atom stereocenters. The van der Waals surface area contributed by atoms with E-state index in [0.29, 0.717) is 10.6 Å². The molecule has 0 unspecified atom stereocenters. The first-order valence-corrected chi connectivity index (χ1v) is 6.11. The van der Waals surface area contributed by atoms with Crippen LogP contribution < -0.4 is 5.73 Å². The average Bonchev–Trinajstić information content (AvgIpc) is 2.81. The first-order chi connectivity index (χ1) is 8.90. The van der Waals surface area contributed by atoms with Crippen molar-refractivity contribution < 1.29 is 14.7 Å². The first kappa shape index (κ1) is 13.1. The van der Waals surface area contributed by atoms with Gasteiger partial charge in [-0.1, -0.05) is 5.21 Å². The fourth-order valence-electron chi connectivity index (χ4n) is 1.69. The lowest BCUT2D eigenvalue weighted by molar-refractivity contribution is -0.118. The fraction of sp³-hybridized carbons (Fsp3) is 0.300. The van der Waals surface area contributed by atoms with Gasteiger partial charge in [-0.05, 0) is 13.8 Å². The van der Waals surface area contributed by atoms with E-state index in [1.165, 1.54) is 16.0 Å². The van der Waals surface area contributed by atoms with Crippen molar-refractivity contribution in [1.82, 2.24) is 20.0 Å². The number of carbonyl (C=O) groups excluding carboxylic acids is 1. The van der Waals surface area contributed by atoms with E-state index in [2.05, 4.69) is 15.3 Å². The van der Waals surface area contributed by atoms with Gasteiger partial charge in [0.15, 0.2) is 5.69 Å². The SMILES string of the molecule is Cc1nc(C)c(-c2c(C(=O)O)nnn2CC(N)=O)s1. The first-order valence-electron chi connectivity index (χ1n) is 5.29. The number of carboxylic acid groups (broad SMARTS) is 1. The maximum atomic E-state index is 11.2.